The molecule has 1 N–H and O–H groups in total. The maximum absolute atomic E-state index is 8.96. The zero-order valence-corrected chi connectivity index (χ0v) is 9.67. The van der Waals surface area contributed by atoms with E-state index in [0.29, 0.717) is 6.04 Å². The Morgan fingerprint density at radius 2 is 2.12 bits per heavy atom. The Morgan fingerprint density at radius 3 is 2.69 bits per heavy atom. The van der Waals surface area contributed by atoms with E-state index in [4.69, 9.17) is 5.11 Å². The second-order valence-electron chi connectivity index (χ2n) is 4.23. The van der Waals surface area contributed by atoms with Gasteiger partial charge in [0.05, 0.1) is 18.8 Å². The van der Waals surface area contributed by atoms with Gasteiger partial charge < -0.3 is 9.67 Å². The Labute approximate surface area is 95.1 Å². The molecule has 2 aromatic heterocycles. The van der Waals surface area contributed by atoms with Gasteiger partial charge in [-0.25, -0.2) is 0 Å². The number of aromatic nitrogens is 3. The number of nitrogens with zero attached hydrogens (tertiary/aromatic N) is 3. The van der Waals surface area contributed by atoms with Gasteiger partial charge in [-0.05, 0) is 31.5 Å². The van der Waals surface area contributed by atoms with Gasteiger partial charge in [0.25, 0.3) is 0 Å². The molecule has 0 amide bonds. The van der Waals surface area contributed by atoms with Crippen LogP contribution in [0.3, 0.4) is 0 Å². The fourth-order valence-corrected chi connectivity index (χ4v) is 1.62. The summed E-state index contributed by atoms with van der Waals surface area (Å²) < 4.78 is 3.98. The summed E-state index contributed by atoms with van der Waals surface area (Å²) in [5, 5.41) is 13.4. The molecule has 2 heterocycles. The average molecular weight is 219 g/mol. The van der Waals surface area contributed by atoms with E-state index in [-0.39, 0.29) is 6.61 Å². The Morgan fingerprint density at radius 1 is 1.31 bits per heavy atom. The van der Waals surface area contributed by atoms with Gasteiger partial charge in [0.2, 0.25) is 0 Å². The highest BCUT2D eigenvalue weighted by molar-refractivity contribution is 5.11. The summed E-state index contributed by atoms with van der Waals surface area (Å²) in [6.07, 6.45) is 5.89. The van der Waals surface area contributed by atoms with Crippen LogP contribution in [0.4, 0.5) is 0 Å². The smallest absolute Gasteiger partial charge is 0.0821 e. The molecule has 0 saturated carbocycles. The predicted molar refractivity (Wildman–Crippen MR) is 62.1 cm³/mol. The van der Waals surface area contributed by atoms with E-state index in [1.807, 2.05) is 40.0 Å². The number of rotatable bonds is 4. The molecule has 0 fully saturated rings. The third kappa shape index (κ3) is 2.33. The van der Waals surface area contributed by atoms with Crippen molar-refractivity contribution in [3.63, 3.8) is 0 Å². The fourth-order valence-electron chi connectivity index (χ4n) is 1.62. The van der Waals surface area contributed by atoms with Crippen LogP contribution < -0.4 is 0 Å². The van der Waals surface area contributed by atoms with Gasteiger partial charge in [0, 0.05) is 24.6 Å². The minimum absolute atomic E-state index is 0.0907. The van der Waals surface area contributed by atoms with Crippen LogP contribution in [0.25, 0.3) is 0 Å². The van der Waals surface area contributed by atoms with E-state index in [2.05, 4.69) is 18.9 Å². The summed E-state index contributed by atoms with van der Waals surface area (Å²) >= 11 is 0. The fraction of sp³-hybridized carbons (Fsp3) is 0.417. The Hall–Kier alpha value is -1.55. The topological polar surface area (TPSA) is 43.0 Å². The minimum Gasteiger partial charge on any atom is -0.392 e. The van der Waals surface area contributed by atoms with Crippen LogP contribution >= 0.6 is 0 Å². The molecule has 0 aliphatic carbocycles. The standard InChI is InChI=1S/C12H17N3O/c1-10(2)15-6-4-12(13-15)8-14-5-3-11(7-14)9-16/h3-7,10,16H,8-9H2,1-2H3. The van der Waals surface area contributed by atoms with Crippen LogP contribution in [0.1, 0.15) is 31.1 Å². The molecule has 16 heavy (non-hydrogen) atoms. The maximum atomic E-state index is 8.96. The van der Waals surface area contributed by atoms with E-state index in [1.165, 1.54) is 0 Å². The summed E-state index contributed by atoms with van der Waals surface area (Å²) in [5.41, 5.74) is 1.97. The van der Waals surface area contributed by atoms with Gasteiger partial charge >= 0.3 is 0 Å². The van der Waals surface area contributed by atoms with Crippen LogP contribution in [0.2, 0.25) is 0 Å². The lowest BCUT2D eigenvalue weighted by Crippen LogP contribution is -2.03. The molecular weight excluding hydrogens is 202 g/mol. The molecule has 0 atom stereocenters. The van der Waals surface area contributed by atoms with E-state index >= 15 is 0 Å². The summed E-state index contributed by atoms with van der Waals surface area (Å²) in [5.74, 6) is 0. The van der Waals surface area contributed by atoms with Crippen LogP contribution in [-0.2, 0) is 13.2 Å². The van der Waals surface area contributed by atoms with Crippen molar-refractivity contribution in [3.8, 4) is 0 Å². The molecule has 0 aliphatic heterocycles. The molecule has 0 spiro atoms. The zero-order valence-electron chi connectivity index (χ0n) is 9.67. The monoisotopic (exact) mass is 219 g/mol. The molecule has 0 radical (unpaired) electrons. The summed E-state index contributed by atoms with van der Waals surface area (Å²) in [4.78, 5) is 0. The number of aliphatic hydroxyl groups excluding tert-OH is 1. The molecular formula is C12H17N3O. The van der Waals surface area contributed by atoms with Gasteiger partial charge in [-0.15, -0.1) is 0 Å². The van der Waals surface area contributed by atoms with Crippen molar-refractivity contribution in [3.05, 3.63) is 42.0 Å². The molecule has 0 unspecified atom stereocenters. The van der Waals surface area contributed by atoms with Crippen LogP contribution in [0.15, 0.2) is 30.7 Å². The van der Waals surface area contributed by atoms with Gasteiger partial charge in [0.15, 0.2) is 0 Å². The summed E-state index contributed by atoms with van der Waals surface area (Å²) in [7, 11) is 0. The van der Waals surface area contributed by atoms with Crippen molar-refractivity contribution < 1.29 is 5.11 Å². The zero-order chi connectivity index (χ0) is 11.5. The third-order valence-corrected chi connectivity index (χ3v) is 2.53. The molecule has 4 heteroatoms. The largest absolute Gasteiger partial charge is 0.392 e. The minimum atomic E-state index is 0.0907. The Balaban J connectivity index is 2.08. The van der Waals surface area contributed by atoms with E-state index in [9.17, 15) is 0 Å². The normalized spacial score (nSPS) is 11.2. The summed E-state index contributed by atoms with van der Waals surface area (Å²) in [6.45, 7) is 5.06. The Bertz CT molecular complexity index is 456. The van der Waals surface area contributed by atoms with Gasteiger partial charge in [-0.2, -0.15) is 5.10 Å². The highest BCUT2D eigenvalue weighted by atomic mass is 16.3. The van der Waals surface area contributed by atoms with Crippen LogP contribution in [0.5, 0.6) is 0 Å². The van der Waals surface area contributed by atoms with Crippen molar-refractivity contribution in [1.29, 1.82) is 0 Å². The maximum Gasteiger partial charge on any atom is 0.0821 e. The number of hydrogen-bond acceptors (Lipinski definition) is 2. The molecule has 0 bridgehead atoms. The van der Waals surface area contributed by atoms with Crippen LogP contribution in [0, 0.1) is 0 Å². The second kappa shape index (κ2) is 4.53. The number of aliphatic hydroxyl groups is 1. The van der Waals surface area contributed by atoms with E-state index in [0.717, 1.165) is 17.8 Å². The molecule has 0 aliphatic rings. The lowest BCUT2D eigenvalue weighted by molar-refractivity contribution is 0.281. The lowest BCUT2D eigenvalue weighted by atomic mass is 10.4. The van der Waals surface area contributed by atoms with Gasteiger partial charge in [-0.3, -0.25) is 4.68 Å². The van der Waals surface area contributed by atoms with Crippen molar-refractivity contribution in [2.75, 3.05) is 0 Å². The second-order valence-corrected chi connectivity index (χ2v) is 4.23. The van der Waals surface area contributed by atoms with Gasteiger partial charge in [0.1, 0.15) is 0 Å². The van der Waals surface area contributed by atoms with E-state index < -0.39 is 0 Å². The predicted octanol–water partition coefficient (Wildman–Crippen LogP) is 1.81. The first-order chi connectivity index (χ1) is 7.69. The first-order valence-electron chi connectivity index (χ1n) is 5.48. The molecule has 0 aromatic carbocycles. The molecule has 0 saturated heterocycles. The average Bonchev–Trinajstić information content (AvgIpc) is 2.87. The Kier molecular flexibility index (Phi) is 3.10. The highest BCUT2D eigenvalue weighted by Crippen LogP contribution is 2.07. The van der Waals surface area contributed by atoms with Crippen molar-refractivity contribution in [2.24, 2.45) is 0 Å². The van der Waals surface area contributed by atoms with Crippen LogP contribution in [-0.4, -0.2) is 19.5 Å². The van der Waals surface area contributed by atoms with Crippen molar-refractivity contribution >= 4 is 0 Å². The number of hydrogen-bond donors (Lipinski definition) is 1. The van der Waals surface area contributed by atoms with Gasteiger partial charge in [-0.1, -0.05) is 0 Å². The molecule has 4 nitrogen and oxygen atoms in total. The van der Waals surface area contributed by atoms with E-state index in [1.54, 1.807) is 0 Å². The highest BCUT2D eigenvalue weighted by Gasteiger charge is 2.03. The summed E-state index contributed by atoms with van der Waals surface area (Å²) in [6, 6.07) is 4.34. The van der Waals surface area contributed by atoms with Crippen molar-refractivity contribution in [1.82, 2.24) is 14.3 Å². The van der Waals surface area contributed by atoms with Crippen molar-refractivity contribution in [2.45, 2.75) is 33.0 Å². The lowest BCUT2D eigenvalue weighted by Gasteiger charge is -2.04. The first-order valence-corrected chi connectivity index (χ1v) is 5.48. The third-order valence-electron chi connectivity index (χ3n) is 2.53. The molecule has 2 rings (SSSR count). The quantitative estimate of drug-likeness (QED) is 0.852. The molecule has 86 valence electrons. The first kappa shape index (κ1) is 11.0. The molecule has 2 aromatic rings. The SMILES string of the molecule is CC(C)n1ccc(Cn2ccc(CO)c2)n1.